The predicted octanol–water partition coefficient (Wildman–Crippen LogP) is 1.20. The topological polar surface area (TPSA) is 114 Å². The summed E-state index contributed by atoms with van der Waals surface area (Å²) < 4.78 is 7.51. The normalized spacial score (nSPS) is 12.8. The van der Waals surface area contributed by atoms with Gasteiger partial charge in [-0.3, -0.25) is 15.3 Å². The zero-order valence-electron chi connectivity index (χ0n) is 11.2. The Kier molecular flexibility index (Phi) is 2.88. The fourth-order valence-corrected chi connectivity index (χ4v) is 2.47. The van der Waals surface area contributed by atoms with Crippen molar-refractivity contribution in [2.24, 2.45) is 0 Å². The van der Waals surface area contributed by atoms with Crippen LogP contribution in [0.3, 0.4) is 0 Å². The van der Waals surface area contributed by atoms with Crippen LogP contribution in [0.15, 0.2) is 24.3 Å². The third-order valence-corrected chi connectivity index (χ3v) is 3.47. The van der Waals surface area contributed by atoms with Crippen molar-refractivity contribution in [2.75, 3.05) is 16.6 Å². The van der Waals surface area contributed by atoms with E-state index in [1.807, 2.05) is 12.1 Å². The van der Waals surface area contributed by atoms with Gasteiger partial charge in [-0.05, 0) is 12.1 Å². The molecule has 0 spiro atoms. The van der Waals surface area contributed by atoms with E-state index in [1.165, 1.54) is 0 Å². The molecule has 112 valence electrons. The number of fused-ring (bicyclic) bond motifs is 2. The molecule has 0 saturated carbocycles. The standard InChI is InChI=1S/C12H11ClN8O/c13-7-2-1-3-9-16-17-10(21(7)9)5-22-6-4-8(14)15-12-11(6)18-20-19-12/h1-4,18,20H,5H2,(H3,14,15,19). The van der Waals surface area contributed by atoms with Crippen molar-refractivity contribution < 1.29 is 4.74 Å². The molecule has 0 radical (unpaired) electrons. The van der Waals surface area contributed by atoms with Gasteiger partial charge < -0.3 is 10.5 Å². The van der Waals surface area contributed by atoms with E-state index in [0.29, 0.717) is 39.7 Å². The predicted molar refractivity (Wildman–Crippen MR) is 81.4 cm³/mol. The van der Waals surface area contributed by atoms with E-state index in [0.717, 1.165) is 0 Å². The number of nitrogens with one attached hydrogen (secondary N) is 3. The lowest BCUT2D eigenvalue weighted by Gasteiger charge is -2.09. The largest absolute Gasteiger partial charge is 0.483 e. The average molecular weight is 319 g/mol. The highest BCUT2D eigenvalue weighted by Crippen LogP contribution is 2.35. The first-order chi connectivity index (χ1) is 10.7. The number of pyridine rings is 2. The van der Waals surface area contributed by atoms with Crippen molar-refractivity contribution in [3.63, 3.8) is 0 Å². The summed E-state index contributed by atoms with van der Waals surface area (Å²) in [5.41, 5.74) is 15.6. The molecule has 22 heavy (non-hydrogen) atoms. The van der Waals surface area contributed by atoms with Crippen molar-refractivity contribution in [1.29, 1.82) is 0 Å². The minimum absolute atomic E-state index is 0.183. The van der Waals surface area contributed by atoms with Crippen molar-refractivity contribution in [3.05, 3.63) is 35.2 Å². The molecular weight excluding hydrogens is 308 g/mol. The van der Waals surface area contributed by atoms with Crippen LogP contribution in [0.2, 0.25) is 5.15 Å². The van der Waals surface area contributed by atoms with E-state index in [-0.39, 0.29) is 6.61 Å². The molecule has 4 heterocycles. The van der Waals surface area contributed by atoms with Gasteiger partial charge in [-0.2, -0.15) is 0 Å². The van der Waals surface area contributed by atoms with Gasteiger partial charge in [0.15, 0.2) is 23.0 Å². The second kappa shape index (κ2) is 4.90. The van der Waals surface area contributed by atoms with Crippen molar-refractivity contribution >= 4 is 34.6 Å². The molecule has 1 aliphatic heterocycles. The highest BCUT2D eigenvalue weighted by molar-refractivity contribution is 6.29. The Bertz CT molecular complexity index is 864. The number of nitrogens with zero attached hydrogens (tertiary/aromatic N) is 4. The number of nitrogens with two attached hydrogens (primary N) is 1. The Labute approximate surface area is 129 Å². The van der Waals surface area contributed by atoms with E-state index < -0.39 is 0 Å². The Hall–Kier alpha value is -2.78. The van der Waals surface area contributed by atoms with Crippen LogP contribution in [-0.4, -0.2) is 19.6 Å². The average Bonchev–Trinajstić information content (AvgIpc) is 3.11. The third kappa shape index (κ3) is 2.03. The SMILES string of the molecule is Nc1cc(OCc2nnc3cccc(Cl)n23)c2c(n1)NNN2. The molecule has 10 heteroatoms. The smallest absolute Gasteiger partial charge is 0.176 e. The van der Waals surface area contributed by atoms with Crippen LogP contribution >= 0.6 is 11.6 Å². The molecule has 3 aromatic rings. The lowest BCUT2D eigenvalue weighted by molar-refractivity contribution is 0.296. The molecule has 5 N–H and O–H groups in total. The van der Waals surface area contributed by atoms with E-state index >= 15 is 0 Å². The zero-order chi connectivity index (χ0) is 15.1. The first-order valence-electron chi connectivity index (χ1n) is 6.41. The molecule has 0 aliphatic carbocycles. The second-order valence-corrected chi connectivity index (χ2v) is 4.98. The minimum Gasteiger partial charge on any atom is -0.483 e. The molecule has 0 atom stereocenters. The molecule has 0 unspecified atom stereocenters. The number of hydrazine groups is 2. The van der Waals surface area contributed by atoms with Gasteiger partial charge in [0, 0.05) is 6.07 Å². The maximum atomic E-state index is 6.17. The molecule has 0 aromatic carbocycles. The second-order valence-electron chi connectivity index (χ2n) is 4.59. The number of ether oxygens (including phenoxy) is 1. The quantitative estimate of drug-likeness (QED) is 0.533. The summed E-state index contributed by atoms with van der Waals surface area (Å²) >= 11 is 6.17. The number of rotatable bonds is 3. The van der Waals surface area contributed by atoms with Gasteiger partial charge in [0.2, 0.25) is 0 Å². The summed E-state index contributed by atoms with van der Waals surface area (Å²) in [6.45, 7) is 0.183. The number of anilines is 3. The number of aromatic nitrogens is 4. The van der Waals surface area contributed by atoms with Gasteiger partial charge in [0.25, 0.3) is 0 Å². The summed E-state index contributed by atoms with van der Waals surface area (Å²) in [6.07, 6.45) is 0. The van der Waals surface area contributed by atoms with Gasteiger partial charge in [-0.15, -0.1) is 15.7 Å². The van der Waals surface area contributed by atoms with E-state index in [1.54, 1.807) is 16.5 Å². The summed E-state index contributed by atoms with van der Waals surface area (Å²) in [4.78, 5) is 4.13. The van der Waals surface area contributed by atoms with E-state index in [4.69, 9.17) is 22.1 Å². The highest BCUT2D eigenvalue weighted by atomic mass is 35.5. The van der Waals surface area contributed by atoms with Gasteiger partial charge in [-0.25, -0.2) is 4.98 Å². The molecule has 3 aromatic heterocycles. The van der Waals surface area contributed by atoms with Crippen molar-refractivity contribution in [3.8, 4) is 5.75 Å². The fraction of sp³-hybridized carbons (Fsp3) is 0.0833. The van der Waals surface area contributed by atoms with Gasteiger partial charge >= 0.3 is 0 Å². The molecule has 0 amide bonds. The van der Waals surface area contributed by atoms with Crippen LogP contribution in [0.25, 0.3) is 5.65 Å². The number of hydrogen-bond donors (Lipinski definition) is 4. The first kappa shape index (κ1) is 12.9. The fourth-order valence-electron chi connectivity index (χ4n) is 2.21. The summed E-state index contributed by atoms with van der Waals surface area (Å²) in [6, 6.07) is 7.03. The molecule has 0 bridgehead atoms. The molecule has 4 rings (SSSR count). The van der Waals surface area contributed by atoms with Crippen LogP contribution in [0, 0.1) is 0 Å². The van der Waals surface area contributed by atoms with E-state index in [2.05, 4.69) is 31.6 Å². The van der Waals surface area contributed by atoms with Gasteiger partial charge in [0.1, 0.15) is 23.3 Å². The molecule has 0 saturated heterocycles. The van der Waals surface area contributed by atoms with E-state index in [9.17, 15) is 0 Å². The maximum absolute atomic E-state index is 6.17. The number of hydrogen-bond acceptors (Lipinski definition) is 8. The molecular formula is C12H11ClN8O. The Balaban J connectivity index is 1.65. The molecule has 9 nitrogen and oxygen atoms in total. The first-order valence-corrected chi connectivity index (χ1v) is 6.79. The number of halogens is 1. The summed E-state index contributed by atoms with van der Waals surface area (Å²) in [7, 11) is 0. The Morgan fingerprint density at radius 3 is 3.09 bits per heavy atom. The zero-order valence-corrected chi connectivity index (χ0v) is 11.9. The Morgan fingerprint density at radius 1 is 1.27 bits per heavy atom. The number of nitrogen functional groups attached to an aromatic ring is 1. The monoisotopic (exact) mass is 318 g/mol. The van der Waals surface area contributed by atoms with Crippen molar-refractivity contribution in [2.45, 2.75) is 6.61 Å². The molecule has 0 fully saturated rings. The lowest BCUT2D eigenvalue weighted by Crippen LogP contribution is -2.19. The van der Waals surface area contributed by atoms with Crippen LogP contribution in [-0.2, 0) is 6.61 Å². The highest BCUT2D eigenvalue weighted by Gasteiger charge is 2.18. The lowest BCUT2D eigenvalue weighted by atomic mass is 10.3. The molecule has 1 aliphatic rings. The minimum atomic E-state index is 0.183. The van der Waals surface area contributed by atoms with Crippen LogP contribution in [0.1, 0.15) is 5.82 Å². The van der Waals surface area contributed by atoms with Crippen molar-refractivity contribution in [1.82, 2.24) is 25.1 Å². The maximum Gasteiger partial charge on any atom is 0.176 e. The summed E-state index contributed by atoms with van der Waals surface area (Å²) in [5.74, 6) is 2.04. The van der Waals surface area contributed by atoms with Gasteiger partial charge in [-0.1, -0.05) is 17.7 Å². The summed E-state index contributed by atoms with van der Waals surface area (Å²) in [5, 5.41) is 8.66. The van der Waals surface area contributed by atoms with Crippen LogP contribution < -0.4 is 26.9 Å². The van der Waals surface area contributed by atoms with Crippen LogP contribution in [0.5, 0.6) is 5.75 Å². The van der Waals surface area contributed by atoms with Crippen LogP contribution in [0.4, 0.5) is 17.3 Å². The Morgan fingerprint density at radius 2 is 2.18 bits per heavy atom. The van der Waals surface area contributed by atoms with Gasteiger partial charge in [0.05, 0.1) is 0 Å². The third-order valence-electron chi connectivity index (χ3n) is 3.18.